The van der Waals surface area contributed by atoms with Gasteiger partial charge in [-0.2, -0.15) is 10.4 Å². The van der Waals surface area contributed by atoms with E-state index in [9.17, 15) is 4.79 Å². The van der Waals surface area contributed by atoms with Gasteiger partial charge in [0.2, 0.25) is 5.91 Å². The number of aryl methyl sites for hydroxylation is 2. The molecule has 0 saturated carbocycles. The molecular formula is C16H21N5O2. The Labute approximate surface area is 135 Å². The van der Waals surface area contributed by atoms with Crippen LogP contribution in [0, 0.1) is 25.2 Å². The second kappa shape index (κ2) is 7.20. The van der Waals surface area contributed by atoms with E-state index in [4.69, 9.17) is 10.4 Å². The van der Waals surface area contributed by atoms with Gasteiger partial charge in [-0.1, -0.05) is 6.92 Å². The average Bonchev–Trinajstić information content (AvgIpc) is 2.95. The highest BCUT2D eigenvalue weighted by atomic mass is 16.3. The summed E-state index contributed by atoms with van der Waals surface area (Å²) in [5.74, 6) is -0.0945. The third-order valence-electron chi connectivity index (χ3n) is 4.01. The number of carbonyl (C=O) groups is 1. The SMILES string of the molecule is CC[C@H](CO)NC(=O)CCc1c(C)nc2c(C#N)cnn2c1C. The number of carbonyl (C=O) groups excluding carboxylic acids is 1. The number of aliphatic hydroxyl groups is 1. The zero-order valence-electron chi connectivity index (χ0n) is 13.6. The van der Waals surface area contributed by atoms with Crippen molar-refractivity contribution in [2.75, 3.05) is 6.61 Å². The van der Waals surface area contributed by atoms with Crippen LogP contribution in [0.25, 0.3) is 5.65 Å². The molecule has 0 radical (unpaired) electrons. The van der Waals surface area contributed by atoms with Gasteiger partial charge in [0.25, 0.3) is 0 Å². The van der Waals surface area contributed by atoms with Crippen LogP contribution in [0.4, 0.5) is 0 Å². The van der Waals surface area contributed by atoms with Crippen molar-refractivity contribution in [1.82, 2.24) is 19.9 Å². The Bertz CT molecular complexity index is 756. The van der Waals surface area contributed by atoms with Gasteiger partial charge in [-0.15, -0.1) is 0 Å². The largest absolute Gasteiger partial charge is 0.394 e. The maximum absolute atomic E-state index is 12.0. The van der Waals surface area contributed by atoms with Crippen LogP contribution in [0.5, 0.6) is 0 Å². The molecule has 7 heteroatoms. The first-order chi connectivity index (χ1) is 11.0. The van der Waals surface area contributed by atoms with E-state index in [1.165, 1.54) is 6.20 Å². The molecule has 2 heterocycles. The molecule has 2 rings (SSSR count). The molecule has 0 bridgehead atoms. The van der Waals surface area contributed by atoms with Crippen LogP contribution in [0.1, 0.15) is 42.3 Å². The number of aromatic nitrogens is 3. The fourth-order valence-electron chi connectivity index (χ4n) is 2.57. The van der Waals surface area contributed by atoms with Crippen LogP contribution in [0.15, 0.2) is 6.20 Å². The molecule has 122 valence electrons. The van der Waals surface area contributed by atoms with Gasteiger partial charge < -0.3 is 10.4 Å². The van der Waals surface area contributed by atoms with Gasteiger partial charge in [0.1, 0.15) is 11.6 Å². The molecule has 2 aromatic rings. The Morgan fingerprint density at radius 1 is 1.52 bits per heavy atom. The van der Waals surface area contributed by atoms with Gasteiger partial charge in [0, 0.05) is 17.8 Å². The van der Waals surface area contributed by atoms with E-state index >= 15 is 0 Å². The van der Waals surface area contributed by atoms with Gasteiger partial charge in [0.05, 0.1) is 18.8 Å². The van der Waals surface area contributed by atoms with Gasteiger partial charge in [-0.3, -0.25) is 4.79 Å². The fourth-order valence-corrected chi connectivity index (χ4v) is 2.57. The third kappa shape index (κ3) is 3.48. The number of rotatable bonds is 6. The van der Waals surface area contributed by atoms with E-state index in [1.54, 1.807) is 4.52 Å². The number of nitrogens with zero attached hydrogens (tertiary/aromatic N) is 4. The molecule has 0 aliphatic carbocycles. The second-order valence-electron chi connectivity index (χ2n) is 5.52. The fraction of sp³-hybridized carbons (Fsp3) is 0.500. The molecule has 1 atom stereocenters. The van der Waals surface area contributed by atoms with Crippen molar-refractivity contribution in [3.63, 3.8) is 0 Å². The van der Waals surface area contributed by atoms with E-state index in [2.05, 4.69) is 21.5 Å². The summed E-state index contributed by atoms with van der Waals surface area (Å²) in [5, 5.41) is 25.2. The van der Waals surface area contributed by atoms with Crippen molar-refractivity contribution in [1.29, 1.82) is 5.26 Å². The minimum absolute atomic E-state index is 0.0575. The second-order valence-corrected chi connectivity index (χ2v) is 5.52. The van der Waals surface area contributed by atoms with Crippen LogP contribution < -0.4 is 5.32 Å². The molecule has 0 spiro atoms. The Hall–Kier alpha value is -2.46. The van der Waals surface area contributed by atoms with E-state index < -0.39 is 0 Å². The number of fused-ring (bicyclic) bond motifs is 1. The molecule has 7 nitrogen and oxygen atoms in total. The Kier molecular flexibility index (Phi) is 5.29. The number of nitrogens with one attached hydrogen (secondary N) is 1. The highest BCUT2D eigenvalue weighted by Gasteiger charge is 2.15. The van der Waals surface area contributed by atoms with Crippen molar-refractivity contribution in [3.8, 4) is 6.07 Å². The van der Waals surface area contributed by atoms with Crippen molar-refractivity contribution >= 4 is 11.6 Å². The van der Waals surface area contributed by atoms with Crippen molar-refractivity contribution < 1.29 is 9.90 Å². The maximum Gasteiger partial charge on any atom is 0.220 e. The van der Waals surface area contributed by atoms with Crippen molar-refractivity contribution in [3.05, 3.63) is 28.7 Å². The van der Waals surface area contributed by atoms with Gasteiger partial charge in [-0.05, 0) is 32.3 Å². The summed E-state index contributed by atoms with van der Waals surface area (Å²) in [5.41, 5.74) is 3.62. The van der Waals surface area contributed by atoms with Gasteiger partial charge in [-0.25, -0.2) is 9.50 Å². The standard InChI is InChI=1S/C16H21N5O2/c1-4-13(9-22)20-15(23)6-5-14-10(2)19-16-12(7-17)8-18-21(16)11(14)3/h8,13,22H,4-6,9H2,1-3H3,(H,20,23)/t13-/m1/s1. The molecule has 2 aromatic heterocycles. The number of hydrogen-bond donors (Lipinski definition) is 2. The van der Waals surface area contributed by atoms with E-state index in [1.807, 2.05) is 20.8 Å². The quantitative estimate of drug-likeness (QED) is 0.829. The molecule has 0 unspecified atom stereocenters. The summed E-state index contributed by atoms with van der Waals surface area (Å²) in [6, 6.07) is 1.88. The smallest absolute Gasteiger partial charge is 0.220 e. The van der Waals surface area contributed by atoms with Crippen LogP contribution in [0.2, 0.25) is 0 Å². The molecular weight excluding hydrogens is 294 g/mol. The van der Waals surface area contributed by atoms with E-state index in [-0.39, 0.29) is 18.6 Å². The zero-order chi connectivity index (χ0) is 17.0. The number of aliphatic hydroxyl groups excluding tert-OH is 1. The highest BCUT2D eigenvalue weighted by Crippen LogP contribution is 2.18. The van der Waals surface area contributed by atoms with Crippen LogP contribution in [-0.2, 0) is 11.2 Å². The summed E-state index contributed by atoms with van der Waals surface area (Å²) < 4.78 is 1.64. The van der Waals surface area contributed by atoms with Crippen molar-refractivity contribution in [2.24, 2.45) is 0 Å². The molecule has 0 aliphatic rings. The van der Waals surface area contributed by atoms with Crippen molar-refractivity contribution in [2.45, 2.75) is 46.1 Å². The predicted octanol–water partition coefficient (Wildman–Crippen LogP) is 1.04. The molecule has 23 heavy (non-hydrogen) atoms. The Balaban J connectivity index is 2.18. The average molecular weight is 315 g/mol. The van der Waals surface area contributed by atoms with Crippen LogP contribution in [0.3, 0.4) is 0 Å². The first-order valence-electron chi connectivity index (χ1n) is 7.65. The van der Waals surface area contributed by atoms with E-state index in [0.717, 1.165) is 17.0 Å². The minimum atomic E-state index is -0.199. The van der Waals surface area contributed by atoms with Gasteiger partial charge >= 0.3 is 0 Å². The summed E-state index contributed by atoms with van der Waals surface area (Å²) in [6.07, 6.45) is 3.05. The maximum atomic E-state index is 12.0. The first kappa shape index (κ1) is 16.9. The number of amides is 1. The summed E-state index contributed by atoms with van der Waals surface area (Å²) in [4.78, 5) is 16.4. The topological polar surface area (TPSA) is 103 Å². The normalized spacial score (nSPS) is 12.1. The number of hydrogen-bond acceptors (Lipinski definition) is 5. The summed E-state index contributed by atoms with van der Waals surface area (Å²) in [6.45, 7) is 5.64. The zero-order valence-corrected chi connectivity index (χ0v) is 13.6. The van der Waals surface area contributed by atoms with Crippen LogP contribution >= 0.6 is 0 Å². The Morgan fingerprint density at radius 3 is 2.87 bits per heavy atom. The van der Waals surface area contributed by atoms with Crippen LogP contribution in [-0.4, -0.2) is 38.3 Å². The molecule has 0 fully saturated rings. The predicted molar refractivity (Wildman–Crippen MR) is 84.8 cm³/mol. The lowest BCUT2D eigenvalue weighted by molar-refractivity contribution is -0.122. The Morgan fingerprint density at radius 2 is 2.26 bits per heavy atom. The monoisotopic (exact) mass is 315 g/mol. The molecule has 1 amide bonds. The molecule has 0 saturated heterocycles. The molecule has 0 aromatic carbocycles. The lowest BCUT2D eigenvalue weighted by Gasteiger charge is -2.15. The first-order valence-corrected chi connectivity index (χ1v) is 7.65. The molecule has 0 aliphatic heterocycles. The van der Waals surface area contributed by atoms with E-state index in [0.29, 0.717) is 30.5 Å². The lowest BCUT2D eigenvalue weighted by Crippen LogP contribution is -2.37. The third-order valence-corrected chi connectivity index (χ3v) is 4.01. The van der Waals surface area contributed by atoms with Gasteiger partial charge in [0.15, 0.2) is 5.65 Å². The summed E-state index contributed by atoms with van der Waals surface area (Å²) in [7, 11) is 0. The number of nitriles is 1. The molecule has 2 N–H and O–H groups in total. The highest BCUT2D eigenvalue weighted by molar-refractivity contribution is 5.76. The lowest BCUT2D eigenvalue weighted by atomic mass is 10.1. The minimum Gasteiger partial charge on any atom is -0.394 e. The summed E-state index contributed by atoms with van der Waals surface area (Å²) >= 11 is 0.